The smallest absolute Gasteiger partial charge is 0.342 e. The minimum atomic E-state index is -1.17. The predicted molar refractivity (Wildman–Crippen MR) is 48.7 cm³/mol. The number of rotatable bonds is 0. The molecule has 4 heteroatoms. The molecule has 4 nitrogen and oxygen atoms in total. The van der Waals surface area contributed by atoms with E-state index < -0.39 is 22.6 Å². The summed E-state index contributed by atoms with van der Waals surface area (Å²) in [7, 11) is 0. The number of carbonyl (C=O) groups excluding carboxylic acids is 1. The summed E-state index contributed by atoms with van der Waals surface area (Å²) in [5, 5.41) is 10.2. The first kappa shape index (κ1) is 9.93. The first-order valence-electron chi connectivity index (χ1n) is 4.87. The number of cyclic esters (lactones) is 1. The molecule has 0 bridgehead atoms. The first-order chi connectivity index (χ1) is 6.33. The Balaban J connectivity index is 2.52. The maximum Gasteiger partial charge on any atom is 0.342 e. The molecule has 0 amide bonds. The quantitative estimate of drug-likeness (QED) is 0.578. The largest absolute Gasteiger partial charge is 0.463 e. The molecule has 2 rings (SSSR count). The van der Waals surface area contributed by atoms with E-state index in [-0.39, 0.29) is 0 Å². The van der Waals surface area contributed by atoms with Gasteiger partial charge in [0.1, 0.15) is 5.60 Å². The van der Waals surface area contributed by atoms with Gasteiger partial charge in [-0.25, -0.2) is 4.79 Å². The fourth-order valence-electron chi connectivity index (χ4n) is 2.66. The van der Waals surface area contributed by atoms with Gasteiger partial charge in [0.15, 0.2) is 0 Å². The topological polar surface area (TPSA) is 55.8 Å². The lowest BCUT2D eigenvalue weighted by atomic mass is 9.68. The molecule has 2 heterocycles. The van der Waals surface area contributed by atoms with E-state index in [9.17, 15) is 9.90 Å². The highest BCUT2D eigenvalue weighted by molar-refractivity contribution is 5.85. The standard InChI is InChI=1S/C10H16O4/c1-8(2)6-13-7(11)10(8)9(3,12)4-5-14-10/h12H,4-6H2,1-3H3/t9-,10+/m1/s1. The van der Waals surface area contributed by atoms with E-state index in [4.69, 9.17) is 9.47 Å². The Hall–Kier alpha value is -0.610. The van der Waals surface area contributed by atoms with Crippen molar-refractivity contribution < 1.29 is 19.4 Å². The van der Waals surface area contributed by atoms with Gasteiger partial charge in [0, 0.05) is 11.8 Å². The van der Waals surface area contributed by atoms with Crippen LogP contribution in [0.25, 0.3) is 0 Å². The Morgan fingerprint density at radius 2 is 2.00 bits per heavy atom. The monoisotopic (exact) mass is 200 g/mol. The zero-order valence-electron chi connectivity index (χ0n) is 8.79. The van der Waals surface area contributed by atoms with Crippen molar-refractivity contribution in [3.63, 3.8) is 0 Å². The van der Waals surface area contributed by atoms with Gasteiger partial charge in [0.25, 0.3) is 0 Å². The molecule has 2 fully saturated rings. The lowest BCUT2D eigenvalue weighted by Gasteiger charge is -2.40. The fraction of sp³-hybridized carbons (Fsp3) is 0.900. The molecule has 14 heavy (non-hydrogen) atoms. The van der Waals surface area contributed by atoms with E-state index in [0.717, 1.165) is 0 Å². The molecular weight excluding hydrogens is 184 g/mol. The molecule has 0 unspecified atom stereocenters. The normalized spacial score (nSPS) is 45.9. The van der Waals surface area contributed by atoms with Gasteiger partial charge in [-0.1, -0.05) is 13.8 Å². The summed E-state index contributed by atoms with van der Waals surface area (Å²) in [5.74, 6) is -0.426. The van der Waals surface area contributed by atoms with Gasteiger partial charge < -0.3 is 14.6 Å². The highest BCUT2D eigenvalue weighted by atomic mass is 16.6. The van der Waals surface area contributed by atoms with Gasteiger partial charge in [0.2, 0.25) is 5.60 Å². The molecule has 0 saturated carbocycles. The maximum atomic E-state index is 11.7. The van der Waals surface area contributed by atoms with Crippen LogP contribution in [-0.2, 0) is 14.3 Å². The molecule has 0 aliphatic carbocycles. The Bertz CT molecular complexity index is 272. The van der Waals surface area contributed by atoms with Crippen LogP contribution >= 0.6 is 0 Å². The van der Waals surface area contributed by atoms with Gasteiger partial charge in [-0.2, -0.15) is 0 Å². The van der Waals surface area contributed by atoms with Crippen molar-refractivity contribution in [2.45, 2.75) is 38.4 Å². The molecular formula is C10H16O4. The Morgan fingerprint density at radius 1 is 1.36 bits per heavy atom. The molecule has 0 aromatic carbocycles. The number of aliphatic hydroxyl groups is 1. The van der Waals surface area contributed by atoms with Gasteiger partial charge in [-0.15, -0.1) is 0 Å². The second-order valence-corrected chi connectivity index (χ2v) is 5.01. The summed E-state index contributed by atoms with van der Waals surface area (Å²) in [6.07, 6.45) is 0.478. The van der Waals surface area contributed by atoms with E-state index in [1.165, 1.54) is 0 Å². The Labute approximate surface area is 83.2 Å². The van der Waals surface area contributed by atoms with E-state index in [0.29, 0.717) is 19.6 Å². The summed E-state index contributed by atoms with van der Waals surface area (Å²) in [5.41, 5.74) is -2.76. The van der Waals surface area contributed by atoms with Gasteiger partial charge in [0.05, 0.1) is 13.2 Å². The molecule has 2 atom stereocenters. The van der Waals surface area contributed by atoms with Crippen molar-refractivity contribution in [3.8, 4) is 0 Å². The van der Waals surface area contributed by atoms with Crippen LogP contribution in [0.2, 0.25) is 0 Å². The predicted octanol–water partition coefficient (Wildman–Crippen LogP) is 0.480. The minimum Gasteiger partial charge on any atom is -0.463 e. The van der Waals surface area contributed by atoms with Crippen molar-refractivity contribution in [1.82, 2.24) is 0 Å². The summed E-state index contributed by atoms with van der Waals surface area (Å²) in [6.45, 7) is 6.14. The number of hydrogen-bond donors (Lipinski definition) is 1. The van der Waals surface area contributed by atoms with Crippen LogP contribution in [0, 0.1) is 5.41 Å². The van der Waals surface area contributed by atoms with Gasteiger partial charge in [-0.05, 0) is 6.92 Å². The first-order valence-corrected chi connectivity index (χ1v) is 4.87. The third-order valence-corrected chi connectivity index (χ3v) is 3.47. The molecule has 2 aliphatic rings. The van der Waals surface area contributed by atoms with Crippen molar-refractivity contribution in [3.05, 3.63) is 0 Å². The Kier molecular flexibility index (Phi) is 1.77. The third-order valence-electron chi connectivity index (χ3n) is 3.47. The average Bonchev–Trinajstić information content (AvgIpc) is 2.47. The molecule has 1 spiro atoms. The number of esters is 1. The zero-order valence-corrected chi connectivity index (χ0v) is 8.79. The molecule has 0 radical (unpaired) electrons. The molecule has 2 saturated heterocycles. The van der Waals surface area contributed by atoms with E-state index in [1.54, 1.807) is 6.92 Å². The van der Waals surface area contributed by atoms with Gasteiger partial charge in [-0.3, -0.25) is 0 Å². The molecule has 0 aromatic heterocycles. The summed E-state index contributed by atoms with van der Waals surface area (Å²) in [6, 6.07) is 0. The summed E-state index contributed by atoms with van der Waals surface area (Å²) < 4.78 is 10.5. The number of carbonyl (C=O) groups is 1. The van der Waals surface area contributed by atoms with Gasteiger partial charge >= 0.3 is 5.97 Å². The zero-order chi connectivity index (χ0) is 10.6. The second kappa shape index (κ2) is 2.49. The van der Waals surface area contributed by atoms with Crippen molar-refractivity contribution in [2.75, 3.05) is 13.2 Å². The maximum absolute atomic E-state index is 11.7. The van der Waals surface area contributed by atoms with E-state index in [1.807, 2.05) is 13.8 Å². The fourth-order valence-corrected chi connectivity index (χ4v) is 2.66. The molecule has 0 aromatic rings. The SMILES string of the molecule is CC1(C)COC(=O)[C@]12OCC[C@@]2(C)O. The lowest BCUT2D eigenvalue weighted by Crippen LogP contribution is -2.60. The second-order valence-electron chi connectivity index (χ2n) is 5.01. The van der Waals surface area contributed by atoms with Crippen molar-refractivity contribution in [2.24, 2.45) is 5.41 Å². The van der Waals surface area contributed by atoms with E-state index >= 15 is 0 Å². The van der Waals surface area contributed by atoms with Crippen LogP contribution in [0.4, 0.5) is 0 Å². The number of ether oxygens (including phenoxy) is 2. The molecule has 80 valence electrons. The van der Waals surface area contributed by atoms with Crippen LogP contribution in [0.5, 0.6) is 0 Å². The van der Waals surface area contributed by atoms with Crippen molar-refractivity contribution in [1.29, 1.82) is 0 Å². The lowest BCUT2D eigenvalue weighted by molar-refractivity contribution is -0.182. The number of hydrogen-bond acceptors (Lipinski definition) is 4. The van der Waals surface area contributed by atoms with Crippen LogP contribution in [-0.4, -0.2) is 35.5 Å². The van der Waals surface area contributed by atoms with Crippen LogP contribution < -0.4 is 0 Å². The van der Waals surface area contributed by atoms with Crippen LogP contribution in [0.15, 0.2) is 0 Å². The summed E-state index contributed by atoms with van der Waals surface area (Å²) in [4.78, 5) is 11.7. The van der Waals surface area contributed by atoms with E-state index in [2.05, 4.69) is 0 Å². The average molecular weight is 200 g/mol. The Morgan fingerprint density at radius 3 is 2.36 bits per heavy atom. The highest BCUT2D eigenvalue weighted by Crippen LogP contribution is 2.52. The summed E-state index contributed by atoms with van der Waals surface area (Å²) >= 11 is 0. The minimum absolute atomic E-state index is 0.308. The van der Waals surface area contributed by atoms with Crippen molar-refractivity contribution >= 4 is 5.97 Å². The van der Waals surface area contributed by atoms with Crippen LogP contribution in [0.3, 0.4) is 0 Å². The van der Waals surface area contributed by atoms with Crippen LogP contribution in [0.1, 0.15) is 27.2 Å². The third kappa shape index (κ3) is 0.880. The molecule has 1 N–H and O–H groups in total. The highest BCUT2D eigenvalue weighted by Gasteiger charge is 2.70. The molecule has 2 aliphatic heterocycles.